The summed E-state index contributed by atoms with van der Waals surface area (Å²) in [6.07, 6.45) is 0.881. The van der Waals surface area contributed by atoms with E-state index in [0.29, 0.717) is 34.5 Å². The number of para-hydroxylation sites is 1. The molecule has 0 fully saturated rings. The number of aryl methyl sites for hydroxylation is 1. The molecule has 0 aliphatic heterocycles. The van der Waals surface area contributed by atoms with Crippen LogP contribution in [-0.4, -0.2) is 19.2 Å². The number of rotatable bonds is 6. The molecule has 144 valence electrons. The summed E-state index contributed by atoms with van der Waals surface area (Å²) in [5.41, 5.74) is 1.62. The van der Waals surface area contributed by atoms with Crippen LogP contribution in [0.3, 0.4) is 0 Å². The third-order valence-electron chi connectivity index (χ3n) is 4.67. The van der Waals surface area contributed by atoms with Gasteiger partial charge >= 0.3 is 0 Å². The smallest absolute Gasteiger partial charge is 0.262 e. The van der Waals surface area contributed by atoms with Gasteiger partial charge in [0.2, 0.25) is 5.78 Å². The zero-order chi connectivity index (χ0) is 19.7. The number of hydrogen-bond donors (Lipinski definition) is 0. The van der Waals surface area contributed by atoms with Crippen LogP contribution in [0.15, 0.2) is 58.5 Å². The molecule has 0 atom stereocenters. The lowest BCUT2D eigenvalue weighted by Gasteiger charge is -2.12. The van der Waals surface area contributed by atoms with Crippen LogP contribution in [0, 0.1) is 11.7 Å². The van der Waals surface area contributed by atoms with Crippen LogP contribution in [0.5, 0.6) is 0 Å². The highest BCUT2D eigenvalue weighted by atomic mass is 32.2. The number of thioether (sulfide) groups is 1. The zero-order valence-electron chi connectivity index (χ0n) is 15.8. The first-order chi connectivity index (χ1) is 13.5. The molecule has 2 heterocycles. The molecule has 0 spiro atoms. The number of fused-ring (bicyclic) bond motifs is 3. The lowest BCUT2D eigenvalue weighted by Crippen LogP contribution is -2.24. The van der Waals surface area contributed by atoms with Gasteiger partial charge in [0.25, 0.3) is 5.56 Å². The Labute approximate surface area is 166 Å². The molecule has 0 radical (unpaired) electrons. The number of aromatic nitrogens is 4. The van der Waals surface area contributed by atoms with Crippen molar-refractivity contribution >= 4 is 28.4 Å². The summed E-state index contributed by atoms with van der Waals surface area (Å²) in [6.45, 7) is 4.86. The minimum atomic E-state index is -0.253. The normalized spacial score (nSPS) is 11.7. The van der Waals surface area contributed by atoms with Crippen molar-refractivity contribution in [2.75, 3.05) is 0 Å². The van der Waals surface area contributed by atoms with Crippen LogP contribution in [0.25, 0.3) is 16.7 Å². The molecule has 2 aromatic carbocycles. The van der Waals surface area contributed by atoms with Crippen molar-refractivity contribution in [3.8, 4) is 0 Å². The maximum atomic E-state index is 13.5. The van der Waals surface area contributed by atoms with Crippen molar-refractivity contribution in [2.45, 2.75) is 37.7 Å². The van der Waals surface area contributed by atoms with Gasteiger partial charge < -0.3 is 0 Å². The first-order valence-electron chi connectivity index (χ1n) is 9.28. The van der Waals surface area contributed by atoms with Gasteiger partial charge in [0.1, 0.15) is 5.82 Å². The molecule has 0 amide bonds. The van der Waals surface area contributed by atoms with Gasteiger partial charge in [0.05, 0.1) is 10.9 Å². The summed E-state index contributed by atoms with van der Waals surface area (Å²) in [4.78, 5) is 13.0. The minimum Gasteiger partial charge on any atom is -0.276 e. The van der Waals surface area contributed by atoms with Gasteiger partial charge in [-0.05, 0) is 42.2 Å². The molecule has 0 saturated heterocycles. The van der Waals surface area contributed by atoms with E-state index in [9.17, 15) is 9.18 Å². The Morgan fingerprint density at radius 2 is 1.93 bits per heavy atom. The molecule has 0 saturated carbocycles. The fourth-order valence-corrected chi connectivity index (χ4v) is 4.07. The monoisotopic (exact) mass is 396 g/mol. The molecule has 0 N–H and O–H groups in total. The van der Waals surface area contributed by atoms with Gasteiger partial charge in [-0.2, -0.15) is 0 Å². The van der Waals surface area contributed by atoms with E-state index in [4.69, 9.17) is 0 Å². The first-order valence-corrected chi connectivity index (χ1v) is 10.3. The number of halogens is 1. The molecule has 0 unspecified atom stereocenters. The topological polar surface area (TPSA) is 52.2 Å². The fourth-order valence-electron chi connectivity index (χ4n) is 3.19. The van der Waals surface area contributed by atoms with E-state index in [1.165, 1.54) is 23.9 Å². The number of hydrogen-bond acceptors (Lipinski definition) is 4. The van der Waals surface area contributed by atoms with Crippen LogP contribution in [0.2, 0.25) is 0 Å². The van der Waals surface area contributed by atoms with Crippen LogP contribution in [0.1, 0.15) is 25.8 Å². The SMILES string of the molecule is CC(C)CCn1c(=O)c2ccccc2n2c(SCc3cccc(F)c3)nnc12. The van der Waals surface area contributed by atoms with Gasteiger partial charge in [-0.1, -0.05) is 49.9 Å². The van der Waals surface area contributed by atoms with E-state index in [2.05, 4.69) is 24.0 Å². The van der Waals surface area contributed by atoms with Gasteiger partial charge in [-0.3, -0.25) is 13.8 Å². The maximum Gasteiger partial charge on any atom is 0.262 e. The Bertz CT molecular complexity index is 1200. The summed E-state index contributed by atoms with van der Waals surface area (Å²) in [6, 6.07) is 14.1. The Hall–Kier alpha value is -2.67. The maximum absolute atomic E-state index is 13.5. The Kier molecular flexibility index (Phi) is 5.17. The first kappa shape index (κ1) is 18.7. The summed E-state index contributed by atoms with van der Waals surface area (Å²) in [7, 11) is 0. The highest BCUT2D eigenvalue weighted by Gasteiger charge is 2.17. The average Bonchev–Trinajstić information content (AvgIpc) is 3.10. The molecule has 0 aliphatic carbocycles. The Morgan fingerprint density at radius 3 is 2.71 bits per heavy atom. The largest absolute Gasteiger partial charge is 0.276 e. The highest BCUT2D eigenvalue weighted by Crippen LogP contribution is 2.25. The predicted molar refractivity (Wildman–Crippen MR) is 110 cm³/mol. The summed E-state index contributed by atoms with van der Waals surface area (Å²) in [5.74, 6) is 1.34. The molecule has 2 aromatic heterocycles. The van der Waals surface area contributed by atoms with E-state index < -0.39 is 0 Å². The molecule has 0 aliphatic rings. The van der Waals surface area contributed by atoms with Gasteiger partial charge in [0.15, 0.2) is 5.16 Å². The number of nitrogens with zero attached hydrogens (tertiary/aromatic N) is 4. The molecule has 4 aromatic rings. The van der Waals surface area contributed by atoms with Crippen LogP contribution >= 0.6 is 11.8 Å². The van der Waals surface area contributed by atoms with E-state index in [0.717, 1.165) is 17.5 Å². The Balaban J connectivity index is 1.81. The molecule has 0 bridgehead atoms. The molecule has 28 heavy (non-hydrogen) atoms. The number of benzene rings is 2. The van der Waals surface area contributed by atoms with E-state index >= 15 is 0 Å². The molecular weight excluding hydrogens is 375 g/mol. The molecular formula is C21H21FN4OS. The van der Waals surface area contributed by atoms with Crippen molar-refractivity contribution in [3.63, 3.8) is 0 Å². The molecule has 5 nitrogen and oxygen atoms in total. The predicted octanol–water partition coefficient (Wildman–Crippen LogP) is 4.52. The van der Waals surface area contributed by atoms with Crippen molar-refractivity contribution in [2.24, 2.45) is 5.92 Å². The fraction of sp³-hybridized carbons (Fsp3) is 0.286. The average molecular weight is 396 g/mol. The van der Waals surface area contributed by atoms with Crippen LogP contribution in [-0.2, 0) is 12.3 Å². The van der Waals surface area contributed by atoms with Crippen molar-refractivity contribution in [3.05, 3.63) is 70.3 Å². The lowest BCUT2D eigenvalue weighted by molar-refractivity contribution is 0.512. The molecule has 4 rings (SSSR count). The third-order valence-corrected chi connectivity index (χ3v) is 5.67. The standard InChI is InChI=1S/C21H21FN4OS/c1-14(2)10-11-25-19(27)17-8-3-4-9-18(17)26-20(25)23-24-21(26)28-13-15-6-5-7-16(22)12-15/h3-9,12,14H,10-11,13H2,1-2H3. The summed E-state index contributed by atoms with van der Waals surface area (Å²) >= 11 is 1.48. The van der Waals surface area contributed by atoms with Gasteiger partial charge in [0, 0.05) is 12.3 Å². The van der Waals surface area contributed by atoms with Crippen molar-refractivity contribution < 1.29 is 4.39 Å². The van der Waals surface area contributed by atoms with Gasteiger partial charge in [-0.25, -0.2) is 4.39 Å². The quantitative estimate of drug-likeness (QED) is 0.450. The van der Waals surface area contributed by atoms with E-state index in [1.807, 2.05) is 34.7 Å². The third kappa shape index (κ3) is 3.54. The van der Waals surface area contributed by atoms with Crippen molar-refractivity contribution in [1.29, 1.82) is 0 Å². The Morgan fingerprint density at radius 1 is 1.11 bits per heavy atom. The zero-order valence-corrected chi connectivity index (χ0v) is 16.6. The highest BCUT2D eigenvalue weighted by molar-refractivity contribution is 7.98. The summed E-state index contributed by atoms with van der Waals surface area (Å²) in [5, 5.41) is 9.99. The molecule has 7 heteroatoms. The second-order valence-corrected chi connectivity index (χ2v) is 8.14. The van der Waals surface area contributed by atoms with Crippen molar-refractivity contribution in [1.82, 2.24) is 19.2 Å². The van der Waals surface area contributed by atoms with E-state index in [1.54, 1.807) is 10.6 Å². The van der Waals surface area contributed by atoms with Crippen LogP contribution in [0.4, 0.5) is 4.39 Å². The second-order valence-electron chi connectivity index (χ2n) is 7.19. The lowest BCUT2D eigenvalue weighted by atomic mass is 10.1. The second kappa shape index (κ2) is 7.75. The van der Waals surface area contributed by atoms with E-state index in [-0.39, 0.29) is 11.4 Å². The minimum absolute atomic E-state index is 0.0437. The van der Waals surface area contributed by atoms with Gasteiger partial charge in [-0.15, -0.1) is 10.2 Å². The van der Waals surface area contributed by atoms with Crippen LogP contribution < -0.4 is 5.56 Å². The summed E-state index contributed by atoms with van der Waals surface area (Å²) < 4.78 is 17.1.